The van der Waals surface area contributed by atoms with Crippen LogP contribution in [0.3, 0.4) is 0 Å². The van der Waals surface area contributed by atoms with E-state index in [-0.39, 0.29) is 17.6 Å². The SMILES string of the molecule is CC(=O)N1CCCN(Cc2ccc(F)cc2)CCN(CC(=O)N2CCOCC2)Cc2ccccc21. The highest BCUT2D eigenvalue weighted by atomic mass is 19.1. The molecular weight excluding hydrogens is 447 g/mol. The van der Waals surface area contributed by atoms with Gasteiger partial charge in [0.25, 0.3) is 0 Å². The van der Waals surface area contributed by atoms with Gasteiger partial charge >= 0.3 is 0 Å². The molecule has 8 heteroatoms. The fourth-order valence-corrected chi connectivity index (χ4v) is 4.77. The van der Waals surface area contributed by atoms with Crippen molar-refractivity contribution in [3.8, 4) is 0 Å². The van der Waals surface area contributed by atoms with E-state index in [1.807, 2.05) is 46.2 Å². The number of carbonyl (C=O) groups is 2. The Hall–Kier alpha value is -2.81. The van der Waals surface area contributed by atoms with Crippen LogP contribution in [0, 0.1) is 5.82 Å². The maximum atomic E-state index is 13.4. The van der Waals surface area contributed by atoms with Gasteiger partial charge in [-0.05, 0) is 35.7 Å². The second-order valence-electron chi connectivity index (χ2n) is 9.26. The Bertz CT molecular complexity index is 994. The summed E-state index contributed by atoms with van der Waals surface area (Å²) in [7, 11) is 0. The fraction of sp³-hybridized carbons (Fsp3) is 0.481. The number of anilines is 1. The van der Waals surface area contributed by atoms with Crippen LogP contribution in [0.15, 0.2) is 48.5 Å². The summed E-state index contributed by atoms with van der Waals surface area (Å²) in [6.45, 7) is 8.51. The highest BCUT2D eigenvalue weighted by Gasteiger charge is 2.23. The molecule has 2 aliphatic rings. The molecule has 0 N–H and O–H groups in total. The van der Waals surface area contributed by atoms with E-state index < -0.39 is 0 Å². The minimum Gasteiger partial charge on any atom is -0.378 e. The predicted octanol–water partition coefficient (Wildman–Crippen LogP) is 2.75. The van der Waals surface area contributed by atoms with Crippen molar-refractivity contribution in [2.45, 2.75) is 26.4 Å². The lowest BCUT2D eigenvalue weighted by atomic mass is 10.1. The molecule has 2 heterocycles. The maximum absolute atomic E-state index is 13.4. The van der Waals surface area contributed by atoms with Crippen molar-refractivity contribution in [3.05, 3.63) is 65.5 Å². The molecule has 1 saturated heterocycles. The molecule has 0 saturated carbocycles. The number of para-hydroxylation sites is 1. The lowest BCUT2D eigenvalue weighted by Gasteiger charge is -2.31. The molecule has 0 bridgehead atoms. The van der Waals surface area contributed by atoms with E-state index in [1.165, 1.54) is 12.1 Å². The summed E-state index contributed by atoms with van der Waals surface area (Å²) < 4.78 is 18.8. The number of halogens is 1. The Labute approximate surface area is 207 Å². The van der Waals surface area contributed by atoms with Crippen LogP contribution >= 0.6 is 0 Å². The maximum Gasteiger partial charge on any atom is 0.236 e. The van der Waals surface area contributed by atoms with Crippen molar-refractivity contribution in [2.24, 2.45) is 0 Å². The Kier molecular flexibility index (Phi) is 8.84. The van der Waals surface area contributed by atoms with Gasteiger partial charge in [0.2, 0.25) is 11.8 Å². The van der Waals surface area contributed by atoms with Crippen LogP contribution in [0.1, 0.15) is 24.5 Å². The monoisotopic (exact) mass is 482 g/mol. The van der Waals surface area contributed by atoms with Gasteiger partial charge < -0.3 is 14.5 Å². The first-order valence-corrected chi connectivity index (χ1v) is 12.4. The molecular formula is C27H35FN4O3. The zero-order chi connectivity index (χ0) is 24.6. The van der Waals surface area contributed by atoms with E-state index in [0.717, 1.165) is 36.3 Å². The fourth-order valence-electron chi connectivity index (χ4n) is 4.77. The number of fused-ring (bicyclic) bond motifs is 1. The third kappa shape index (κ3) is 7.10. The van der Waals surface area contributed by atoms with E-state index in [0.29, 0.717) is 59.0 Å². The third-order valence-electron chi connectivity index (χ3n) is 6.69. The highest BCUT2D eigenvalue weighted by Crippen LogP contribution is 2.24. The lowest BCUT2D eigenvalue weighted by Crippen LogP contribution is -2.46. The summed E-state index contributed by atoms with van der Waals surface area (Å²) >= 11 is 0. The molecule has 2 aromatic rings. The van der Waals surface area contributed by atoms with Crippen LogP contribution < -0.4 is 4.90 Å². The van der Waals surface area contributed by atoms with Gasteiger partial charge in [0.1, 0.15) is 5.82 Å². The zero-order valence-electron chi connectivity index (χ0n) is 20.5. The largest absolute Gasteiger partial charge is 0.378 e. The summed E-state index contributed by atoms with van der Waals surface area (Å²) in [6.07, 6.45) is 0.821. The molecule has 0 spiro atoms. The summed E-state index contributed by atoms with van der Waals surface area (Å²) in [5.74, 6) is -0.124. The quantitative estimate of drug-likeness (QED) is 0.671. The van der Waals surface area contributed by atoms with Gasteiger partial charge in [0.15, 0.2) is 0 Å². The summed E-state index contributed by atoms with van der Waals surface area (Å²) in [4.78, 5) is 33.9. The standard InChI is InChI=1S/C27H35FN4O3/c1-22(33)32-12-4-11-29(19-23-7-9-25(28)10-8-23)13-14-30(20-24-5-2-3-6-26(24)32)21-27(34)31-15-17-35-18-16-31/h2-3,5-10H,4,11-21H2,1H3. The van der Waals surface area contributed by atoms with E-state index in [2.05, 4.69) is 9.80 Å². The van der Waals surface area contributed by atoms with Crippen LogP contribution in [0.25, 0.3) is 0 Å². The number of carbonyl (C=O) groups excluding carboxylic acids is 2. The number of hydrogen-bond donors (Lipinski definition) is 0. The first kappa shape index (κ1) is 25.3. The summed E-state index contributed by atoms with van der Waals surface area (Å²) in [5, 5.41) is 0. The highest BCUT2D eigenvalue weighted by molar-refractivity contribution is 5.92. The Morgan fingerprint density at radius 1 is 0.886 bits per heavy atom. The van der Waals surface area contributed by atoms with Gasteiger partial charge in [-0.15, -0.1) is 0 Å². The minimum absolute atomic E-state index is 0.0118. The van der Waals surface area contributed by atoms with Crippen LogP contribution in [0.4, 0.5) is 10.1 Å². The van der Waals surface area contributed by atoms with Crippen LogP contribution in [0.5, 0.6) is 0 Å². The van der Waals surface area contributed by atoms with Crippen LogP contribution in [-0.2, 0) is 27.4 Å². The normalized spacial score (nSPS) is 18.6. The van der Waals surface area contributed by atoms with Crippen molar-refractivity contribution in [3.63, 3.8) is 0 Å². The first-order chi connectivity index (χ1) is 17.0. The van der Waals surface area contributed by atoms with E-state index >= 15 is 0 Å². The van der Waals surface area contributed by atoms with Crippen molar-refractivity contribution in [1.29, 1.82) is 0 Å². The molecule has 4 rings (SSSR count). The topological polar surface area (TPSA) is 56.3 Å². The molecule has 0 aromatic heterocycles. The van der Waals surface area contributed by atoms with Crippen LogP contribution in [0.2, 0.25) is 0 Å². The van der Waals surface area contributed by atoms with Gasteiger partial charge in [0.05, 0.1) is 19.8 Å². The molecule has 7 nitrogen and oxygen atoms in total. The average molecular weight is 483 g/mol. The van der Waals surface area contributed by atoms with Crippen molar-refractivity contribution < 1.29 is 18.7 Å². The van der Waals surface area contributed by atoms with Gasteiger partial charge in [-0.25, -0.2) is 4.39 Å². The summed E-state index contributed by atoms with van der Waals surface area (Å²) in [6, 6.07) is 14.6. The Balaban J connectivity index is 1.55. The van der Waals surface area contributed by atoms with Gasteiger partial charge in [-0.2, -0.15) is 0 Å². The Morgan fingerprint density at radius 3 is 2.34 bits per heavy atom. The molecule has 0 atom stereocenters. The molecule has 0 unspecified atom stereocenters. The number of ether oxygens (including phenoxy) is 1. The van der Waals surface area contributed by atoms with Gasteiger partial charge in [-0.1, -0.05) is 30.3 Å². The average Bonchev–Trinajstić information content (AvgIpc) is 2.89. The number of benzene rings is 2. The molecule has 2 aromatic carbocycles. The Morgan fingerprint density at radius 2 is 1.60 bits per heavy atom. The second-order valence-corrected chi connectivity index (χ2v) is 9.26. The molecule has 188 valence electrons. The van der Waals surface area contributed by atoms with Crippen molar-refractivity contribution in [2.75, 3.05) is 63.9 Å². The van der Waals surface area contributed by atoms with Crippen molar-refractivity contribution >= 4 is 17.5 Å². The van der Waals surface area contributed by atoms with E-state index in [9.17, 15) is 14.0 Å². The van der Waals surface area contributed by atoms with Gasteiger partial charge in [0, 0.05) is 65.0 Å². The number of hydrogen-bond acceptors (Lipinski definition) is 5. The third-order valence-corrected chi connectivity index (χ3v) is 6.69. The smallest absolute Gasteiger partial charge is 0.236 e. The van der Waals surface area contributed by atoms with Crippen molar-refractivity contribution in [1.82, 2.24) is 14.7 Å². The molecule has 0 aliphatic carbocycles. The molecule has 35 heavy (non-hydrogen) atoms. The zero-order valence-corrected chi connectivity index (χ0v) is 20.5. The number of morpholine rings is 1. The summed E-state index contributed by atoms with van der Waals surface area (Å²) in [5.41, 5.74) is 3.00. The van der Waals surface area contributed by atoms with E-state index in [1.54, 1.807) is 6.92 Å². The lowest BCUT2D eigenvalue weighted by molar-refractivity contribution is -0.136. The second kappa shape index (κ2) is 12.2. The molecule has 2 aliphatic heterocycles. The van der Waals surface area contributed by atoms with Crippen LogP contribution in [-0.4, -0.2) is 85.5 Å². The molecule has 0 radical (unpaired) electrons. The number of rotatable bonds is 4. The minimum atomic E-state index is -0.242. The number of amides is 2. The molecule has 2 amide bonds. The number of nitrogens with zero attached hydrogens (tertiary/aromatic N) is 4. The molecule has 1 fully saturated rings. The van der Waals surface area contributed by atoms with E-state index in [4.69, 9.17) is 4.74 Å². The van der Waals surface area contributed by atoms with Gasteiger partial charge in [-0.3, -0.25) is 19.4 Å². The first-order valence-electron chi connectivity index (χ1n) is 12.4. The predicted molar refractivity (Wildman–Crippen MR) is 133 cm³/mol.